The van der Waals surface area contributed by atoms with E-state index in [4.69, 9.17) is 5.11 Å². The van der Waals surface area contributed by atoms with Crippen molar-refractivity contribution in [1.29, 1.82) is 0 Å². The van der Waals surface area contributed by atoms with Crippen LogP contribution in [0.5, 0.6) is 0 Å². The van der Waals surface area contributed by atoms with Crippen LogP contribution in [-0.2, 0) is 16.0 Å². The molecule has 0 unspecified atom stereocenters. The van der Waals surface area contributed by atoms with Crippen molar-refractivity contribution in [2.75, 3.05) is 6.54 Å². The fourth-order valence-corrected chi connectivity index (χ4v) is 1.80. The molecule has 0 spiro atoms. The normalized spacial score (nSPS) is 9.87. The zero-order valence-corrected chi connectivity index (χ0v) is 9.05. The van der Waals surface area contributed by atoms with Crippen molar-refractivity contribution in [3.63, 3.8) is 0 Å². The second-order valence-corrected chi connectivity index (χ2v) is 4.11. The van der Waals surface area contributed by atoms with Crippen LogP contribution in [0.25, 0.3) is 0 Å². The first-order chi connectivity index (χ1) is 7.18. The van der Waals surface area contributed by atoms with Crippen LogP contribution in [0, 0.1) is 0 Å². The SMILES string of the molecule is O=C(O)CCC(=O)NCCc1cccs1. The maximum Gasteiger partial charge on any atom is 0.303 e. The van der Waals surface area contributed by atoms with Crippen LogP contribution < -0.4 is 5.32 Å². The van der Waals surface area contributed by atoms with Gasteiger partial charge in [0.25, 0.3) is 0 Å². The molecule has 0 radical (unpaired) electrons. The van der Waals surface area contributed by atoms with E-state index in [9.17, 15) is 9.59 Å². The minimum atomic E-state index is -0.941. The van der Waals surface area contributed by atoms with Gasteiger partial charge in [-0.2, -0.15) is 0 Å². The van der Waals surface area contributed by atoms with Crippen LogP contribution in [0.1, 0.15) is 17.7 Å². The van der Waals surface area contributed by atoms with Crippen molar-refractivity contribution >= 4 is 23.2 Å². The van der Waals surface area contributed by atoms with Gasteiger partial charge in [-0.15, -0.1) is 11.3 Å². The molecule has 0 aliphatic rings. The Balaban J connectivity index is 2.09. The van der Waals surface area contributed by atoms with Crippen molar-refractivity contribution in [3.05, 3.63) is 22.4 Å². The van der Waals surface area contributed by atoms with E-state index in [1.165, 1.54) is 4.88 Å². The Bertz CT molecular complexity index is 321. The first-order valence-electron chi connectivity index (χ1n) is 4.69. The highest BCUT2D eigenvalue weighted by Gasteiger charge is 2.04. The molecule has 1 aromatic heterocycles. The third kappa shape index (κ3) is 5.17. The van der Waals surface area contributed by atoms with Gasteiger partial charge in [0.15, 0.2) is 0 Å². The predicted molar refractivity (Wildman–Crippen MR) is 57.9 cm³/mol. The summed E-state index contributed by atoms with van der Waals surface area (Å²) in [4.78, 5) is 22.5. The monoisotopic (exact) mass is 227 g/mol. The predicted octanol–water partition coefficient (Wildman–Crippen LogP) is 1.27. The lowest BCUT2D eigenvalue weighted by Gasteiger charge is -2.02. The van der Waals surface area contributed by atoms with E-state index in [-0.39, 0.29) is 18.7 Å². The lowest BCUT2D eigenvalue weighted by Crippen LogP contribution is -2.25. The van der Waals surface area contributed by atoms with E-state index >= 15 is 0 Å². The summed E-state index contributed by atoms with van der Waals surface area (Å²) in [7, 11) is 0. The van der Waals surface area contributed by atoms with Gasteiger partial charge in [0.1, 0.15) is 0 Å². The molecule has 1 heterocycles. The van der Waals surface area contributed by atoms with E-state index in [1.54, 1.807) is 11.3 Å². The molecule has 2 N–H and O–H groups in total. The van der Waals surface area contributed by atoms with E-state index in [2.05, 4.69) is 5.32 Å². The number of hydrogen-bond donors (Lipinski definition) is 2. The zero-order valence-electron chi connectivity index (χ0n) is 8.23. The maximum atomic E-state index is 11.1. The minimum Gasteiger partial charge on any atom is -0.481 e. The Morgan fingerprint density at radius 1 is 1.40 bits per heavy atom. The van der Waals surface area contributed by atoms with Crippen molar-refractivity contribution in [2.24, 2.45) is 0 Å². The lowest BCUT2D eigenvalue weighted by atomic mass is 10.3. The summed E-state index contributed by atoms with van der Waals surface area (Å²) >= 11 is 1.65. The van der Waals surface area contributed by atoms with Crippen LogP contribution in [-0.4, -0.2) is 23.5 Å². The molecule has 1 amide bonds. The fourth-order valence-electron chi connectivity index (χ4n) is 1.09. The number of carbonyl (C=O) groups is 2. The zero-order chi connectivity index (χ0) is 11.1. The number of hydrogen-bond acceptors (Lipinski definition) is 3. The van der Waals surface area contributed by atoms with Gasteiger partial charge in [-0.25, -0.2) is 0 Å². The second kappa shape index (κ2) is 6.19. The molecular formula is C10H13NO3S. The summed E-state index contributed by atoms with van der Waals surface area (Å²) in [5.41, 5.74) is 0. The van der Waals surface area contributed by atoms with Crippen molar-refractivity contribution in [3.8, 4) is 0 Å². The highest BCUT2D eigenvalue weighted by atomic mass is 32.1. The van der Waals surface area contributed by atoms with E-state index in [1.807, 2.05) is 17.5 Å². The number of thiophene rings is 1. The maximum absolute atomic E-state index is 11.1. The molecule has 0 fully saturated rings. The van der Waals surface area contributed by atoms with Crippen LogP contribution >= 0.6 is 11.3 Å². The summed E-state index contributed by atoms with van der Waals surface area (Å²) < 4.78 is 0. The summed E-state index contributed by atoms with van der Waals surface area (Å²) in [6.07, 6.45) is 0.751. The van der Waals surface area contributed by atoms with E-state index in [0.717, 1.165) is 6.42 Å². The third-order valence-corrected chi connectivity index (χ3v) is 2.78. The molecule has 82 valence electrons. The molecule has 0 saturated heterocycles. The molecule has 0 aliphatic heterocycles. The lowest BCUT2D eigenvalue weighted by molar-refractivity contribution is -0.138. The topological polar surface area (TPSA) is 66.4 Å². The Morgan fingerprint density at radius 2 is 2.20 bits per heavy atom. The summed E-state index contributed by atoms with van der Waals surface area (Å²) in [5.74, 6) is -1.14. The number of carboxylic acids is 1. The summed E-state index contributed by atoms with van der Waals surface area (Å²) in [5, 5.41) is 13.0. The standard InChI is InChI=1S/C10H13NO3S/c12-9(3-4-10(13)14)11-6-5-8-2-1-7-15-8/h1-2,7H,3-6H2,(H,11,12)(H,13,14). The van der Waals surface area contributed by atoms with Crippen LogP contribution in [0.3, 0.4) is 0 Å². The quantitative estimate of drug-likeness (QED) is 0.769. The van der Waals surface area contributed by atoms with Gasteiger partial charge in [0, 0.05) is 17.8 Å². The largest absolute Gasteiger partial charge is 0.481 e. The number of rotatable bonds is 6. The van der Waals surface area contributed by atoms with Crippen molar-refractivity contribution < 1.29 is 14.7 Å². The van der Waals surface area contributed by atoms with Crippen LogP contribution in [0.4, 0.5) is 0 Å². The fraction of sp³-hybridized carbons (Fsp3) is 0.400. The first kappa shape index (κ1) is 11.7. The molecule has 5 heteroatoms. The van der Waals surface area contributed by atoms with Gasteiger partial charge in [-0.05, 0) is 17.9 Å². The molecule has 15 heavy (non-hydrogen) atoms. The second-order valence-electron chi connectivity index (χ2n) is 3.07. The molecule has 0 aromatic carbocycles. The van der Waals surface area contributed by atoms with E-state index < -0.39 is 5.97 Å². The molecular weight excluding hydrogens is 214 g/mol. The highest BCUT2D eigenvalue weighted by molar-refractivity contribution is 7.09. The van der Waals surface area contributed by atoms with Gasteiger partial charge in [-0.3, -0.25) is 9.59 Å². The number of aliphatic carboxylic acids is 1. The molecule has 4 nitrogen and oxygen atoms in total. The third-order valence-electron chi connectivity index (χ3n) is 1.84. The molecule has 0 atom stereocenters. The Labute approximate surface area is 91.9 Å². The van der Waals surface area contributed by atoms with Crippen LogP contribution in [0.15, 0.2) is 17.5 Å². The van der Waals surface area contributed by atoms with E-state index in [0.29, 0.717) is 6.54 Å². The minimum absolute atomic E-state index is 0.0553. The Kier molecular flexibility index (Phi) is 4.83. The van der Waals surface area contributed by atoms with Gasteiger partial charge >= 0.3 is 5.97 Å². The summed E-state index contributed by atoms with van der Waals surface area (Å²) in [6.45, 7) is 0.568. The molecule has 1 rings (SSSR count). The average Bonchev–Trinajstić information content (AvgIpc) is 2.67. The van der Waals surface area contributed by atoms with Gasteiger partial charge in [0.05, 0.1) is 6.42 Å². The van der Waals surface area contributed by atoms with Crippen LogP contribution in [0.2, 0.25) is 0 Å². The van der Waals surface area contributed by atoms with Gasteiger partial charge in [0.2, 0.25) is 5.91 Å². The number of amides is 1. The average molecular weight is 227 g/mol. The molecule has 0 saturated carbocycles. The molecule has 0 aliphatic carbocycles. The Hall–Kier alpha value is -1.36. The number of nitrogens with one attached hydrogen (secondary N) is 1. The number of carboxylic acid groups (broad SMARTS) is 1. The smallest absolute Gasteiger partial charge is 0.303 e. The first-order valence-corrected chi connectivity index (χ1v) is 5.57. The number of carbonyl (C=O) groups excluding carboxylic acids is 1. The highest BCUT2D eigenvalue weighted by Crippen LogP contribution is 2.08. The molecule has 0 bridgehead atoms. The van der Waals surface area contributed by atoms with Crippen molar-refractivity contribution in [2.45, 2.75) is 19.3 Å². The van der Waals surface area contributed by atoms with Gasteiger partial charge in [-0.1, -0.05) is 6.07 Å². The molecule has 1 aromatic rings. The Morgan fingerprint density at radius 3 is 2.80 bits per heavy atom. The van der Waals surface area contributed by atoms with Crippen molar-refractivity contribution in [1.82, 2.24) is 5.32 Å². The summed E-state index contributed by atoms with van der Waals surface area (Å²) in [6, 6.07) is 3.97. The van der Waals surface area contributed by atoms with Gasteiger partial charge < -0.3 is 10.4 Å².